The van der Waals surface area contributed by atoms with E-state index in [0.29, 0.717) is 18.8 Å². The van der Waals surface area contributed by atoms with Gasteiger partial charge in [-0.1, -0.05) is 30.3 Å². The third kappa shape index (κ3) is 3.40. The van der Waals surface area contributed by atoms with Crippen molar-refractivity contribution >= 4 is 18.0 Å². The molecule has 1 aromatic heterocycles. The molecule has 24 heavy (non-hydrogen) atoms. The van der Waals surface area contributed by atoms with Crippen LogP contribution in [0.2, 0.25) is 0 Å². The van der Waals surface area contributed by atoms with Gasteiger partial charge in [0.15, 0.2) is 0 Å². The van der Waals surface area contributed by atoms with Crippen molar-refractivity contribution in [1.29, 1.82) is 0 Å². The zero-order valence-corrected chi connectivity index (χ0v) is 13.7. The van der Waals surface area contributed by atoms with Gasteiger partial charge in [-0.3, -0.25) is 10.1 Å². The maximum atomic E-state index is 12.7. The number of amides is 3. The van der Waals surface area contributed by atoms with Crippen molar-refractivity contribution in [3.05, 3.63) is 47.3 Å². The summed E-state index contributed by atoms with van der Waals surface area (Å²) in [5.41, 5.74) is 1.65. The first-order valence-corrected chi connectivity index (χ1v) is 7.88. The van der Waals surface area contributed by atoms with E-state index < -0.39 is 0 Å². The highest BCUT2D eigenvalue weighted by atomic mass is 16.4. The van der Waals surface area contributed by atoms with Gasteiger partial charge in [0.25, 0.3) is 0 Å². The van der Waals surface area contributed by atoms with Crippen LogP contribution in [0.3, 0.4) is 0 Å². The number of benzene rings is 1. The van der Waals surface area contributed by atoms with Gasteiger partial charge >= 0.3 is 12.0 Å². The standard InChI is InChI=1S/C17H20N4O3/c1-11-12(2)24-16(19-11)20-17(23)21-9-8-18-15(22)10-14(21)13-6-4-3-5-7-13/h3-7,14H,8-10H2,1-2H3,(H,18,22)(H,19,20,23). The number of nitrogens with one attached hydrogen (secondary N) is 2. The lowest BCUT2D eigenvalue weighted by atomic mass is 10.0. The number of rotatable bonds is 2. The van der Waals surface area contributed by atoms with Gasteiger partial charge in [0.05, 0.1) is 18.2 Å². The van der Waals surface area contributed by atoms with Gasteiger partial charge in [-0.05, 0) is 19.4 Å². The van der Waals surface area contributed by atoms with Crippen LogP contribution in [0.5, 0.6) is 0 Å². The normalized spacial score (nSPS) is 18.0. The minimum absolute atomic E-state index is 0.0676. The summed E-state index contributed by atoms with van der Waals surface area (Å²) in [6.45, 7) is 4.43. The molecule has 2 aromatic rings. The van der Waals surface area contributed by atoms with Crippen molar-refractivity contribution in [2.75, 3.05) is 18.4 Å². The lowest BCUT2D eigenvalue weighted by Crippen LogP contribution is -2.39. The molecule has 2 N–H and O–H groups in total. The van der Waals surface area contributed by atoms with Gasteiger partial charge in [-0.15, -0.1) is 0 Å². The van der Waals surface area contributed by atoms with Crippen molar-refractivity contribution in [2.45, 2.75) is 26.3 Å². The second-order valence-corrected chi connectivity index (χ2v) is 5.76. The molecule has 3 rings (SSSR count). The summed E-state index contributed by atoms with van der Waals surface area (Å²) in [5.74, 6) is 0.597. The minimum Gasteiger partial charge on any atom is -0.428 e. The number of urea groups is 1. The van der Waals surface area contributed by atoms with E-state index in [1.54, 1.807) is 11.8 Å². The highest BCUT2D eigenvalue weighted by Crippen LogP contribution is 2.26. The third-order valence-electron chi connectivity index (χ3n) is 4.12. The van der Waals surface area contributed by atoms with Crippen LogP contribution in [0.1, 0.15) is 29.5 Å². The molecule has 1 fully saturated rings. The molecule has 7 heteroatoms. The Kier molecular flexibility index (Phi) is 4.50. The zero-order chi connectivity index (χ0) is 17.1. The molecular weight excluding hydrogens is 308 g/mol. The molecule has 1 atom stereocenters. The van der Waals surface area contributed by atoms with E-state index in [0.717, 1.165) is 11.3 Å². The largest absolute Gasteiger partial charge is 0.428 e. The molecule has 7 nitrogen and oxygen atoms in total. The second-order valence-electron chi connectivity index (χ2n) is 5.76. The highest BCUT2D eigenvalue weighted by Gasteiger charge is 2.30. The van der Waals surface area contributed by atoms with Crippen molar-refractivity contribution < 1.29 is 14.0 Å². The molecule has 0 bridgehead atoms. The smallest absolute Gasteiger partial charge is 0.326 e. The first-order chi connectivity index (χ1) is 11.5. The Bertz CT molecular complexity index is 722. The summed E-state index contributed by atoms with van der Waals surface area (Å²) in [6, 6.07) is 9.05. The summed E-state index contributed by atoms with van der Waals surface area (Å²) in [6.07, 6.45) is 0.223. The van der Waals surface area contributed by atoms with E-state index in [-0.39, 0.29) is 30.4 Å². The highest BCUT2D eigenvalue weighted by molar-refractivity contribution is 5.88. The van der Waals surface area contributed by atoms with Crippen molar-refractivity contribution in [3.8, 4) is 0 Å². The van der Waals surface area contributed by atoms with Crippen LogP contribution in [0, 0.1) is 13.8 Å². The molecule has 3 amide bonds. The maximum Gasteiger partial charge on any atom is 0.326 e. The average molecular weight is 328 g/mol. The number of hydrogen-bond donors (Lipinski definition) is 2. The van der Waals surface area contributed by atoms with E-state index in [9.17, 15) is 9.59 Å². The monoisotopic (exact) mass is 328 g/mol. The molecule has 0 radical (unpaired) electrons. The maximum absolute atomic E-state index is 12.7. The Hall–Kier alpha value is -2.83. The summed E-state index contributed by atoms with van der Waals surface area (Å²) in [5, 5.41) is 5.49. The number of anilines is 1. The van der Waals surface area contributed by atoms with Crippen LogP contribution in [-0.2, 0) is 4.79 Å². The third-order valence-corrected chi connectivity index (χ3v) is 4.12. The van der Waals surface area contributed by atoms with Gasteiger partial charge in [0.1, 0.15) is 5.76 Å². The van der Waals surface area contributed by atoms with Gasteiger partial charge in [-0.25, -0.2) is 4.79 Å². The van der Waals surface area contributed by atoms with E-state index in [1.807, 2.05) is 37.3 Å². The van der Waals surface area contributed by atoms with Gasteiger partial charge in [-0.2, -0.15) is 4.98 Å². The van der Waals surface area contributed by atoms with Crippen LogP contribution in [-0.4, -0.2) is 34.9 Å². The minimum atomic E-state index is -0.332. The Labute approximate surface area is 140 Å². The van der Waals surface area contributed by atoms with Crippen LogP contribution < -0.4 is 10.6 Å². The van der Waals surface area contributed by atoms with E-state index in [4.69, 9.17) is 4.42 Å². The summed E-state index contributed by atoms with van der Waals surface area (Å²) >= 11 is 0. The fourth-order valence-electron chi connectivity index (χ4n) is 2.74. The molecule has 1 aliphatic rings. The van der Waals surface area contributed by atoms with E-state index in [2.05, 4.69) is 15.6 Å². The quantitative estimate of drug-likeness (QED) is 0.886. The SMILES string of the molecule is Cc1nc(NC(=O)N2CCNC(=O)CC2c2ccccc2)oc1C. The summed E-state index contributed by atoms with van der Waals surface area (Å²) in [4.78, 5) is 30.5. The molecule has 0 saturated carbocycles. The average Bonchev–Trinajstić information content (AvgIpc) is 2.77. The van der Waals surface area contributed by atoms with Gasteiger partial charge in [0.2, 0.25) is 5.91 Å². The molecule has 0 aliphatic carbocycles. The van der Waals surface area contributed by atoms with Crippen LogP contribution in [0.15, 0.2) is 34.7 Å². The predicted molar refractivity (Wildman–Crippen MR) is 88.5 cm³/mol. The molecule has 126 valence electrons. The predicted octanol–water partition coefficient (Wildman–Crippen LogP) is 2.39. The lowest BCUT2D eigenvalue weighted by molar-refractivity contribution is -0.121. The molecule has 2 heterocycles. The summed E-state index contributed by atoms with van der Waals surface area (Å²) < 4.78 is 5.42. The molecule has 0 spiro atoms. The van der Waals surface area contributed by atoms with Crippen molar-refractivity contribution in [3.63, 3.8) is 0 Å². The Morgan fingerprint density at radius 3 is 2.75 bits per heavy atom. The number of nitrogens with zero attached hydrogens (tertiary/aromatic N) is 2. The lowest BCUT2D eigenvalue weighted by Gasteiger charge is -2.29. The van der Waals surface area contributed by atoms with Crippen LogP contribution in [0.25, 0.3) is 0 Å². The molecule has 1 aliphatic heterocycles. The molecule has 1 unspecified atom stereocenters. The molecule has 1 saturated heterocycles. The Balaban J connectivity index is 1.84. The number of hydrogen-bond acceptors (Lipinski definition) is 4. The number of carbonyl (C=O) groups excluding carboxylic acids is 2. The van der Waals surface area contributed by atoms with Crippen molar-refractivity contribution in [1.82, 2.24) is 15.2 Å². The van der Waals surface area contributed by atoms with Crippen molar-refractivity contribution in [2.24, 2.45) is 0 Å². The van der Waals surface area contributed by atoms with E-state index >= 15 is 0 Å². The fourth-order valence-corrected chi connectivity index (χ4v) is 2.74. The number of carbonyl (C=O) groups is 2. The Morgan fingerprint density at radius 2 is 2.08 bits per heavy atom. The number of aromatic nitrogens is 1. The topological polar surface area (TPSA) is 87.5 Å². The molecule has 1 aromatic carbocycles. The number of oxazole rings is 1. The first kappa shape index (κ1) is 16.0. The van der Waals surface area contributed by atoms with Gasteiger partial charge in [0, 0.05) is 13.1 Å². The second kappa shape index (κ2) is 6.74. The van der Waals surface area contributed by atoms with E-state index in [1.165, 1.54) is 0 Å². The zero-order valence-electron chi connectivity index (χ0n) is 13.7. The fraction of sp³-hybridized carbons (Fsp3) is 0.353. The van der Waals surface area contributed by atoms with Crippen LogP contribution in [0.4, 0.5) is 10.8 Å². The Morgan fingerprint density at radius 1 is 1.33 bits per heavy atom. The first-order valence-electron chi connectivity index (χ1n) is 7.88. The van der Waals surface area contributed by atoms with Gasteiger partial charge < -0.3 is 14.6 Å². The van der Waals surface area contributed by atoms with Crippen LogP contribution >= 0.6 is 0 Å². The number of aryl methyl sites for hydroxylation is 2. The summed E-state index contributed by atoms with van der Waals surface area (Å²) in [7, 11) is 0. The molecular formula is C17H20N4O3.